The van der Waals surface area contributed by atoms with Crippen LogP contribution in [-0.2, 0) is 0 Å². The van der Waals surface area contributed by atoms with Crippen LogP contribution in [0.2, 0.25) is 0 Å². The van der Waals surface area contributed by atoms with E-state index in [-0.39, 0.29) is 0 Å². The fourth-order valence-electron chi connectivity index (χ4n) is 1.58. The van der Waals surface area contributed by atoms with Crippen LogP contribution in [0, 0.1) is 6.92 Å². The Morgan fingerprint density at radius 1 is 1.05 bits per heavy atom. The third kappa shape index (κ3) is 4.67. The summed E-state index contributed by atoms with van der Waals surface area (Å²) >= 11 is 1.68. The predicted octanol–water partition coefficient (Wildman–Crippen LogP) is 2.55. The molecule has 0 aliphatic heterocycles. The molecule has 7 nitrogen and oxygen atoms in total. The van der Waals surface area contributed by atoms with Crippen molar-refractivity contribution in [2.24, 2.45) is 5.10 Å². The van der Waals surface area contributed by atoms with E-state index in [0.29, 0.717) is 17.8 Å². The fraction of sp³-hybridized carbons (Fsp3) is 0.385. The molecule has 2 rings (SSSR count). The lowest BCUT2D eigenvalue weighted by Gasteiger charge is -2.07. The van der Waals surface area contributed by atoms with Crippen LogP contribution < -0.4 is 16.1 Å². The van der Waals surface area contributed by atoms with Crippen molar-refractivity contribution in [2.45, 2.75) is 20.8 Å². The molecule has 8 heteroatoms. The molecule has 0 unspecified atom stereocenters. The maximum absolute atomic E-state index is 4.25. The number of aryl methyl sites for hydroxylation is 1. The van der Waals surface area contributed by atoms with E-state index in [2.05, 4.69) is 49.1 Å². The van der Waals surface area contributed by atoms with E-state index in [1.165, 1.54) is 4.88 Å². The number of nitrogens with zero attached hydrogens (tertiary/aromatic N) is 4. The van der Waals surface area contributed by atoms with Gasteiger partial charge in [0.15, 0.2) is 0 Å². The highest BCUT2D eigenvalue weighted by atomic mass is 32.1. The number of aromatic nitrogens is 3. The van der Waals surface area contributed by atoms with Gasteiger partial charge in [0.05, 0.1) is 6.21 Å². The van der Waals surface area contributed by atoms with Crippen LogP contribution in [0.4, 0.5) is 17.8 Å². The molecule has 2 heterocycles. The molecule has 0 radical (unpaired) electrons. The molecule has 0 saturated heterocycles. The summed E-state index contributed by atoms with van der Waals surface area (Å²) < 4.78 is 0. The summed E-state index contributed by atoms with van der Waals surface area (Å²) in [7, 11) is 0. The highest BCUT2D eigenvalue weighted by Gasteiger charge is 2.04. The normalized spacial score (nSPS) is 10.8. The first-order valence-corrected chi connectivity index (χ1v) is 7.62. The van der Waals surface area contributed by atoms with Gasteiger partial charge in [-0.3, -0.25) is 0 Å². The SMILES string of the molecule is CCNc1nc(NCC)nc(NN=Cc2ccc(C)s2)n1. The van der Waals surface area contributed by atoms with Gasteiger partial charge >= 0.3 is 0 Å². The Morgan fingerprint density at radius 3 is 2.19 bits per heavy atom. The number of hydrazone groups is 1. The van der Waals surface area contributed by atoms with E-state index < -0.39 is 0 Å². The first-order chi connectivity index (χ1) is 10.2. The number of hydrogen-bond acceptors (Lipinski definition) is 8. The van der Waals surface area contributed by atoms with Gasteiger partial charge in [-0.2, -0.15) is 20.1 Å². The minimum atomic E-state index is 0.404. The molecule has 21 heavy (non-hydrogen) atoms. The molecule has 3 N–H and O–H groups in total. The smallest absolute Gasteiger partial charge is 0.250 e. The van der Waals surface area contributed by atoms with Gasteiger partial charge in [0.25, 0.3) is 0 Å². The standard InChI is InChI=1S/C13H19N7S/c1-4-14-11-17-12(15-5-2)19-13(18-11)20-16-8-10-7-6-9(3)21-10/h6-8H,4-5H2,1-3H3,(H3,14,15,17,18,19,20). The first-order valence-electron chi connectivity index (χ1n) is 6.80. The van der Waals surface area contributed by atoms with E-state index >= 15 is 0 Å². The van der Waals surface area contributed by atoms with Crippen molar-refractivity contribution in [3.63, 3.8) is 0 Å². The summed E-state index contributed by atoms with van der Waals surface area (Å²) in [6.45, 7) is 7.52. The van der Waals surface area contributed by atoms with Crippen LogP contribution in [-0.4, -0.2) is 34.3 Å². The minimum Gasteiger partial charge on any atom is -0.354 e. The molecule has 0 aromatic carbocycles. The van der Waals surface area contributed by atoms with Crippen LogP contribution in [0.25, 0.3) is 0 Å². The quantitative estimate of drug-likeness (QED) is 0.538. The number of nitrogens with one attached hydrogen (secondary N) is 3. The molecule has 0 amide bonds. The molecule has 0 aliphatic rings. The van der Waals surface area contributed by atoms with Crippen molar-refractivity contribution < 1.29 is 0 Å². The second-order valence-electron chi connectivity index (χ2n) is 4.19. The van der Waals surface area contributed by atoms with Crippen molar-refractivity contribution in [3.05, 3.63) is 21.9 Å². The third-order valence-corrected chi connectivity index (χ3v) is 3.36. The number of hydrogen-bond donors (Lipinski definition) is 3. The summed E-state index contributed by atoms with van der Waals surface area (Å²) in [5.74, 6) is 1.45. The van der Waals surface area contributed by atoms with Gasteiger partial charge in [0, 0.05) is 22.8 Å². The largest absolute Gasteiger partial charge is 0.354 e. The zero-order chi connectivity index (χ0) is 15.1. The lowest BCUT2D eigenvalue weighted by Crippen LogP contribution is -2.10. The molecule has 0 bridgehead atoms. The van der Waals surface area contributed by atoms with E-state index in [1.54, 1.807) is 17.6 Å². The van der Waals surface area contributed by atoms with E-state index in [9.17, 15) is 0 Å². The second kappa shape index (κ2) is 7.53. The van der Waals surface area contributed by atoms with E-state index in [1.807, 2.05) is 19.9 Å². The average molecular weight is 305 g/mol. The summed E-state index contributed by atoms with van der Waals surface area (Å²) in [6, 6.07) is 4.08. The van der Waals surface area contributed by atoms with Gasteiger partial charge in [-0.05, 0) is 32.9 Å². The van der Waals surface area contributed by atoms with E-state index in [4.69, 9.17) is 0 Å². The lowest BCUT2D eigenvalue weighted by molar-refractivity contribution is 0.992. The molecule has 0 saturated carbocycles. The molecular formula is C13H19N7S. The molecule has 0 spiro atoms. The molecule has 112 valence electrons. The Balaban J connectivity index is 2.08. The van der Waals surface area contributed by atoms with Crippen molar-refractivity contribution in [3.8, 4) is 0 Å². The molecule has 0 atom stereocenters. The Bertz CT molecular complexity index is 584. The van der Waals surface area contributed by atoms with Crippen molar-refractivity contribution in [1.82, 2.24) is 15.0 Å². The van der Waals surface area contributed by atoms with Crippen LogP contribution in [0.3, 0.4) is 0 Å². The van der Waals surface area contributed by atoms with Gasteiger partial charge in [-0.1, -0.05) is 0 Å². The monoisotopic (exact) mass is 305 g/mol. The maximum Gasteiger partial charge on any atom is 0.250 e. The third-order valence-electron chi connectivity index (χ3n) is 2.42. The zero-order valence-corrected chi connectivity index (χ0v) is 13.2. The van der Waals surface area contributed by atoms with Gasteiger partial charge in [0.1, 0.15) is 0 Å². The fourth-order valence-corrected chi connectivity index (χ4v) is 2.33. The predicted molar refractivity (Wildman–Crippen MR) is 88.4 cm³/mol. The van der Waals surface area contributed by atoms with Crippen LogP contribution in [0.5, 0.6) is 0 Å². The Kier molecular flexibility index (Phi) is 5.44. The number of rotatable bonds is 7. The summed E-state index contributed by atoms with van der Waals surface area (Å²) in [6.07, 6.45) is 1.75. The highest BCUT2D eigenvalue weighted by molar-refractivity contribution is 7.13. The molecular weight excluding hydrogens is 286 g/mol. The van der Waals surface area contributed by atoms with Crippen molar-refractivity contribution >= 4 is 35.4 Å². The Morgan fingerprint density at radius 2 is 1.67 bits per heavy atom. The number of anilines is 3. The average Bonchev–Trinajstić information content (AvgIpc) is 2.85. The van der Waals surface area contributed by atoms with Crippen LogP contribution in [0.1, 0.15) is 23.6 Å². The molecule has 0 fully saturated rings. The Labute approximate surface area is 127 Å². The molecule has 2 aromatic heterocycles. The van der Waals surface area contributed by atoms with E-state index in [0.717, 1.165) is 18.0 Å². The summed E-state index contributed by atoms with van der Waals surface area (Å²) in [4.78, 5) is 15.1. The van der Waals surface area contributed by atoms with Gasteiger partial charge in [0.2, 0.25) is 17.8 Å². The van der Waals surface area contributed by atoms with Crippen molar-refractivity contribution in [2.75, 3.05) is 29.1 Å². The van der Waals surface area contributed by atoms with Crippen LogP contribution in [0.15, 0.2) is 17.2 Å². The Hall–Kier alpha value is -2.22. The zero-order valence-electron chi connectivity index (χ0n) is 12.3. The molecule has 2 aromatic rings. The van der Waals surface area contributed by atoms with Crippen LogP contribution >= 0.6 is 11.3 Å². The highest BCUT2D eigenvalue weighted by Crippen LogP contribution is 2.13. The van der Waals surface area contributed by atoms with Gasteiger partial charge in [-0.15, -0.1) is 11.3 Å². The minimum absolute atomic E-state index is 0.404. The second-order valence-corrected chi connectivity index (χ2v) is 5.50. The summed E-state index contributed by atoms with van der Waals surface area (Å²) in [5.41, 5.74) is 2.83. The topological polar surface area (TPSA) is 87.1 Å². The van der Waals surface area contributed by atoms with Gasteiger partial charge in [-0.25, -0.2) is 5.43 Å². The summed E-state index contributed by atoms with van der Waals surface area (Å²) in [5, 5.41) is 10.3. The lowest BCUT2D eigenvalue weighted by atomic mass is 10.4. The maximum atomic E-state index is 4.25. The number of thiophene rings is 1. The van der Waals surface area contributed by atoms with Crippen molar-refractivity contribution in [1.29, 1.82) is 0 Å². The first kappa shape index (κ1) is 15.2. The molecule has 0 aliphatic carbocycles. The van der Waals surface area contributed by atoms with Gasteiger partial charge < -0.3 is 10.6 Å².